The Morgan fingerprint density at radius 1 is 0.929 bits per heavy atom. The van der Waals surface area contributed by atoms with E-state index in [-0.39, 0.29) is 30.4 Å². The number of hydrogen-bond donors (Lipinski definition) is 1. The molecule has 0 aromatic heterocycles. The van der Waals surface area contributed by atoms with E-state index in [1.807, 2.05) is 42.5 Å². The number of amides is 1. The molecule has 0 unspecified atom stereocenters. The molecular formula is C24H27NO3. The van der Waals surface area contributed by atoms with Crippen molar-refractivity contribution in [1.29, 1.82) is 0 Å². The average Bonchev–Trinajstić information content (AvgIpc) is 2.65. The van der Waals surface area contributed by atoms with E-state index in [9.17, 15) is 9.59 Å². The smallest absolute Gasteiger partial charge is 0.310 e. The monoisotopic (exact) mass is 377 g/mol. The van der Waals surface area contributed by atoms with Crippen LogP contribution < -0.4 is 5.32 Å². The molecule has 6 rings (SSSR count). The van der Waals surface area contributed by atoms with Crippen molar-refractivity contribution in [2.24, 2.45) is 17.8 Å². The molecule has 0 atom stereocenters. The van der Waals surface area contributed by atoms with Crippen molar-refractivity contribution in [2.75, 3.05) is 6.61 Å². The first kappa shape index (κ1) is 17.7. The predicted octanol–water partition coefficient (Wildman–Crippen LogP) is 4.01. The van der Waals surface area contributed by atoms with Crippen molar-refractivity contribution < 1.29 is 14.3 Å². The second-order valence-corrected chi connectivity index (χ2v) is 9.22. The van der Waals surface area contributed by atoms with Gasteiger partial charge in [-0.3, -0.25) is 9.59 Å². The molecule has 1 N–H and O–H groups in total. The molecule has 2 aromatic carbocycles. The molecule has 1 amide bonds. The van der Waals surface area contributed by atoms with Gasteiger partial charge in [-0.15, -0.1) is 0 Å². The number of carbonyl (C=O) groups is 2. The summed E-state index contributed by atoms with van der Waals surface area (Å²) < 4.78 is 5.32. The molecule has 28 heavy (non-hydrogen) atoms. The minimum atomic E-state index is -0.350. The Bertz CT molecular complexity index is 878. The molecule has 0 heterocycles. The van der Waals surface area contributed by atoms with Crippen LogP contribution in [0.2, 0.25) is 0 Å². The van der Waals surface area contributed by atoms with Gasteiger partial charge in [0.1, 0.15) is 0 Å². The predicted molar refractivity (Wildman–Crippen MR) is 108 cm³/mol. The molecule has 4 fully saturated rings. The van der Waals surface area contributed by atoms with Crippen molar-refractivity contribution in [1.82, 2.24) is 5.32 Å². The first-order valence-electron chi connectivity index (χ1n) is 10.5. The van der Waals surface area contributed by atoms with Crippen LogP contribution in [0.25, 0.3) is 10.8 Å². The van der Waals surface area contributed by atoms with Crippen LogP contribution in [0, 0.1) is 17.8 Å². The molecule has 2 aromatic rings. The molecule has 4 aliphatic carbocycles. The topological polar surface area (TPSA) is 55.4 Å². The Hall–Kier alpha value is -2.36. The lowest BCUT2D eigenvalue weighted by Gasteiger charge is -2.56. The first-order valence-corrected chi connectivity index (χ1v) is 10.5. The molecule has 0 spiro atoms. The third-order valence-corrected chi connectivity index (χ3v) is 7.02. The number of ether oxygens (including phenoxy) is 1. The molecule has 4 bridgehead atoms. The van der Waals surface area contributed by atoms with Gasteiger partial charge >= 0.3 is 5.97 Å². The number of fused-ring (bicyclic) bond motifs is 1. The van der Waals surface area contributed by atoms with E-state index in [4.69, 9.17) is 4.74 Å². The summed E-state index contributed by atoms with van der Waals surface area (Å²) in [7, 11) is 0. The van der Waals surface area contributed by atoms with E-state index in [1.54, 1.807) is 0 Å². The van der Waals surface area contributed by atoms with Crippen LogP contribution in [0.15, 0.2) is 42.5 Å². The lowest BCUT2D eigenvalue weighted by Crippen LogP contribution is -2.60. The third kappa shape index (κ3) is 3.41. The summed E-state index contributed by atoms with van der Waals surface area (Å²) in [4.78, 5) is 24.8. The minimum Gasteiger partial charge on any atom is -0.455 e. The van der Waals surface area contributed by atoms with Gasteiger partial charge in [-0.05, 0) is 72.6 Å². The average molecular weight is 377 g/mol. The SMILES string of the molecule is O=C(COC(=O)Cc1cccc2ccccc12)NC12CC3CC(CC(C3)C1)C2. The van der Waals surface area contributed by atoms with Gasteiger partial charge < -0.3 is 10.1 Å². The highest BCUT2D eigenvalue weighted by molar-refractivity contribution is 5.89. The number of rotatable bonds is 5. The zero-order valence-electron chi connectivity index (χ0n) is 16.2. The molecular weight excluding hydrogens is 350 g/mol. The van der Waals surface area contributed by atoms with Crippen molar-refractivity contribution in [3.05, 3.63) is 48.0 Å². The number of benzene rings is 2. The van der Waals surface area contributed by atoms with E-state index >= 15 is 0 Å². The third-order valence-electron chi connectivity index (χ3n) is 7.02. The number of carbonyl (C=O) groups excluding carboxylic acids is 2. The van der Waals surface area contributed by atoms with Crippen molar-refractivity contribution >= 4 is 22.6 Å². The standard InChI is InChI=1S/C24H27NO3/c26-22(25-24-12-16-8-17(13-24)10-18(9-16)14-24)15-28-23(27)11-20-6-3-5-19-4-1-2-7-21(19)20/h1-7,16-18H,8-15H2,(H,25,26). The molecule has 146 valence electrons. The van der Waals surface area contributed by atoms with Gasteiger partial charge in [0.2, 0.25) is 0 Å². The molecule has 4 nitrogen and oxygen atoms in total. The Kier molecular flexibility index (Phi) is 4.37. The molecule has 0 radical (unpaired) electrons. The second kappa shape index (κ2) is 6.91. The van der Waals surface area contributed by atoms with Crippen LogP contribution in [0.4, 0.5) is 0 Å². The lowest BCUT2D eigenvalue weighted by molar-refractivity contribution is -0.149. The number of hydrogen-bond acceptors (Lipinski definition) is 3. The summed E-state index contributed by atoms with van der Waals surface area (Å²) in [6, 6.07) is 13.9. The van der Waals surface area contributed by atoms with Gasteiger partial charge in [0.05, 0.1) is 6.42 Å². The largest absolute Gasteiger partial charge is 0.455 e. The fraction of sp³-hybridized carbons (Fsp3) is 0.500. The van der Waals surface area contributed by atoms with Crippen LogP contribution in [-0.4, -0.2) is 24.0 Å². The molecule has 0 saturated heterocycles. The molecule has 0 aliphatic heterocycles. The summed E-state index contributed by atoms with van der Waals surface area (Å²) in [6.07, 6.45) is 7.53. The summed E-state index contributed by atoms with van der Waals surface area (Å²) >= 11 is 0. The summed E-state index contributed by atoms with van der Waals surface area (Å²) in [6.45, 7) is -0.175. The van der Waals surface area contributed by atoms with Gasteiger partial charge in [0, 0.05) is 5.54 Å². The Balaban J connectivity index is 1.17. The maximum atomic E-state index is 12.5. The molecule has 4 heteroatoms. The fourth-order valence-corrected chi connectivity index (χ4v) is 6.39. The maximum Gasteiger partial charge on any atom is 0.310 e. The van der Waals surface area contributed by atoms with E-state index in [2.05, 4.69) is 5.32 Å². The second-order valence-electron chi connectivity index (χ2n) is 9.22. The van der Waals surface area contributed by atoms with Crippen molar-refractivity contribution in [2.45, 2.75) is 50.5 Å². The maximum absolute atomic E-state index is 12.5. The van der Waals surface area contributed by atoms with Gasteiger partial charge in [-0.2, -0.15) is 0 Å². The highest BCUT2D eigenvalue weighted by atomic mass is 16.5. The lowest BCUT2D eigenvalue weighted by atomic mass is 9.53. The minimum absolute atomic E-state index is 0.0339. The summed E-state index contributed by atoms with van der Waals surface area (Å²) in [5.41, 5.74) is 0.901. The van der Waals surface area contributed by atoms with Gasteiger partial charge in [0.25, 0.3) is 5.91 Å². The van der Waals surface area contributed by atoms with E-state index in [0.717, 1.165) is 53.4 Å². The van der Waals surface area contributed by atoms with E-state index < -0.39 is 0 Å². The highest BCUT2D eigenvalue weighted by Crippen LogP contribution is 2.55. The molecule has 4 saturated carbocycles. The fourth-order valence-electron chi connectivity index (χ4n) is 6.39. The summed E-state index contributed by atoms with van der Waals surface area (Å²) in [5.74, 6) is 1.84. The molecule has 4 aliphatic rings. The van der Waals surface area contributed by atoms with Crippen LogP contribution in [0.1, 0.15) is 44.1 Å². The van der Waals surface area contributed by atoms with Crippen LogP contribution in [-0.2, 0) is 20.7 Å². The van der Waals surface area contributed by atoms with Gasteiger partial charge in [-0.25, -0.2) is 0 Å². The van der Waals surface area contributed by atoms with Crippen LogP contribution >= 0.6 is 0 Å². The highest BCUT2D eigenvalue weighted by Gasteiger charge is 2.51. The van der Waals surface area contributed by atoms with Crippen molar-refractivity contribution in [3.8, 4) is 0 Å². The Morgan fingerprint density at radius 3 is 2.29 bits per heavy atom. The zero-order valence-corrected chi connectivity index (χ0v) is 16.2. The Labute approximate surface area is 165 Å². The Morgan fingerprint density at radius 2 is 1.57 bits per heavy atom. The zero-order chi connectivity index (χ0) is 19.1. The van der Waals surface area contributed by atoms with Crippen LogP contribution in [0.5, 0.6) is 0 Å². The quantitative estimate of drug-likeness (QED) is 0.801. The van der Waals surface area contributed by atoms with Gasteiger partial charge in [-0.1, -0.05) is 42.5 Å². The van der Waals surface area contributed by atoms with Crippen LogP contribution in [0.3, 0.4) is 0 Å². The number of esters is 1. The normalized spacial score (nSPS) is 30.4. The number of nitrogens with one attached hydrogen (secondary N) is 1. The van der Waals surface area contributed by atoms with E-state index in [0.29, 0.717) is 0 Å². The van der Waals surface area contributed by atoms with Gasteiger partial charge in [0.15, 0.2) is 6.61 Å². The van der Waals surface area contributed by atoms with E-state index in [1.165, 1.54) is 19.3 Å². The van der Waals surface area contributed by atoms with Crippen molar-refractivity contribution in [3.63, 3.8) is 0 Å². The summed E-state index contributed by atoms with van der Waals surface area (Å²) in [5, 5.41) is 5.42. The first-order chi connectivity index (χ1) is 13.6.